The van der Waals surface area contributed by atoms with Gasteiger partial charge in [0.25, 0.3) is 5.91 Å². The maximum atomic E-state index is 12.3. The van der Waals surface area contributed by atoms with Gasteiger partial charge in [-0.1, -0.05) is 11.2 Å². The molecule has 0 saturated heterocycles. The number of nitriles is 1. The predicted molar refractivity (Wildman–Crippen MR) is 114 cm³/mol. The summed E-state index contributed by atoms with van der Waals surface area (Å²) in [6.45, 7) is 7.09. The Balaban J connectivity index is 1.59. The van der Waals surface area contributed by atoms with Crippen LogP contribution in [0.2, 0.25) is 0 Å². The molecule has 0 radical (unpaired) electrons. The van der Waals surface area contributed by atoms with Gasteiger partial charge in [0.2, 0.25) is 0 Å². The van der Waals surface area contributed by atoms with E-state index in [0.717, 1.165) is 17.9 Å². The molecule has 0 saturated carbocycles. The summed E-state index contributed by atoms with van der Waals surface area (Å²) in [5.74, 6) is 1.19. The van der Waals surface area contributed by atoms with Crippen molar-refractivity contribution in [3.05, 3.63) is 70.7 Å². The van der Waals surface area contributed by atoms with E-state index in [4.69, 9.17) is 9.26 Å². The number of amides is 1. The molecule has 1 aromatic carbocycles. The molecule has 0 spiro atoms. The first-order chi connectivity index (χ1) is 14.4. The molecule has 0 aliphatic carbocycles. The lowest BCUT2D eigenvalue weighted by Crippen LogP contribution is -2.14. The van der Waals surface area contributed by atoms with E-state index in [0.29, 0.717) is 18.9 Å². The number of hydrogen-bond acceptors (Lipinski definition) is 5. The fraction of sp³-hybridized carbons (Fsp3) is 0.261. The molecule has 0 fully saturated rings. The van der Waals surface area contributed by atoms with Crippen LogP contribution in [0.3, 0.4) is 0 Å². The highest BCUT2D eigenvalue weighted by molar-refractivity contribution is 6.09. The van der Waals surface area contributed by atoms with E-state index in [1.807, 2.05) is 54.9 Å². The number of rotatable bonds is 8. The molecule has 3 rings (SSSR count). The fourth-order valence-corrected chi connectivity index (χ4v) is 3.11. The van der Waals surface area contributed by atoms with Crippen molar-refractivity contribution >= 4 is 17.8 Å². The third kappa shape index (κ3) is 5.61. The van der Waals surface area contributed by atoms with E-state index in [2.05, 4.69) is 16.5 Å². The number of carbonyl (C=O) groups is 1. The van der Waals surface area contributed by atoms with E-state index in [9.17, 15) is 10.1 Å². The van der Waals surface area contributed by atoms with Gasteiger partial charge in [0, 0.05) is 24.5 Å². The summed E-state index contributed by atoms with van der Waals surface area (Å²) in [6, 6.07) is 13.4. The first kappa shape index (κ1) is 20.9. The maximum Gasteiger partial charge on any atom is 0.267 e. The Morgan fingerprint density at radius 2 is 2.03 bits per heavy atom. The molecule has 2 aromatic heterocycles. The molecule has 0 unspecified atom stereocenters. The normalized spacial score (nSPS) is 11.2. The van der Waals surface area contributed by atoms with Crippen molar-refractivity contribution in [3.63, 3.8) is 0 Å². The highest BCUT2D eigenvalue weighted by Crippen LogP contribution is 2.17. The number of nitrogens with zero attached hydrogens (tertiary/aromatic N) is 3. The fourth-order valence-electron chi connectivity index (χ4n) is 3.11. The minimum absolute atomic E-state index is 0.0120. The van der Waals surface area contributed by atoms with Crippen molar-refractivity contribution in [1.29, 1.82) is 5.26 Å². The molecule has 0 aliphatic heterocycles. The molecule has 1 amide bonds. The van der Waals surface area contributed by atoms with E-state index in [1.165, 1.54) is 11.1 Å². The van der Waals surface area contributed by atoms with E-state index in [-0.39, 0.29) is 11.4 Å². The van der Waals surface area contributed by atoms with Gasteiger partial charge in [-0.25, -0.2) is 0 Å². The Morgan fingerprint density at radius 1 is 1.27 bits per heavy atom. The molecule has 7 nitrogen and oxygen atoms in total. The average Bonchev–Trinajstić information content (AvgIpc) is 3.30. The summed E-state index contributed by atoms with van der Waals surface area (Å²) in [4.78, 5) is 12.3. The molecule has 154 valence electrons. The van der Waals surface area contributed by atoms with Gasteiger partial charge >= 0.3 is 0 Å². The minimum atomic E-state index is -0.531. The van der Waals surface area contributed by atoms with Crippen LogP contribution < -0.4 is 10.1 Å². The van der Waals surface area contributed by atoms with Gasteiger partial charge in [0.05, 0.1) is 6.61 Å². The Hall–Kier alpha value is -3.79. The first-order valence-corrected chi connectivity index (χ1v) is 9.67. The van der Waals surface area contributed by atoms with Crippen LogP contribution in [0.4, 0.5) is 5.82 Å². The van der Waals surface area contributed by atoms with Gasteiger partial charge in [-0.15, -0.1) is 0 Å². The van der Waals surface area contributed by atoms with Crippen LogP contribution in [-0.2, 0) is 11.3 Å². The highest BCUT2D eigenvalue weighted by Gasteiger charge is 2.13. The monoisotopic (exact) mass is 404 g/mol. The number of aromatic nitrogens is 2. The number of benzene rings is 1. The van der Waals surface area contributed by atoms with Crippen LogP contribution in [0.15, 0.2) is 52.7 Å². The van der Waals surface area contributed by atoms with Crippen LogP contribution in [0.25, 0.3) is 6.08 Å². The molecule has 1 N–H and O–H groups in total. The predicted octanol–water partition coefficient (Wildman–Crippen LogP) is 4.42. The smallest absolute Gasteiger partial charge is 0.267 e. The van der Waals surface area contributed by atoms with Gasteiger partial charge in [-0.05, 0) is 68.7 Å². The van der Waals surface area contributed by atoms with Crippen molar-refractivity contribution in [1.82, 2.24) is 9.72 Å². The summed E-state index contributed by atoms with van der Waals surface area (Å²) in [6.07, 6.45) is 4.26. The molecule has 3 aromatic rings. The van der Waals surface area contributed by atoms with Crippen molar-refractivity contribution < 1.29 is 14.1 Å². The number of anilines is 1. The van der Waals surface area contributed by atoms with Crippen LogP contribution in [0, 0.1) is 32.1 Å². The second kappa shape index (κ2) is 9.61. The number of carbonyl (C=O) groups excluding carboxylic acids is 1. The SMILES string of the molecule is Cc1cc(C)cc(OCCCn2cccc2/C=C(/C#N)C(=O)Nc2cc(C)on2)c1. The van der Waals surface area contributed by atoms with Gasteiger partial charge in [-0.2, -0.15) is 5.26 Å². The van der Waals surface area contributed by atoms with Crippen molar-refractivity contribution in [2.45, 2.75) is 33.7 Å². The van der Waals surface area contributed by atoms with E-state index in [1.54, 1.807) is 19.1 Å². The second-order valence-electron chi connectivity index (χ2n) is 7.10. The molecular formula is C23H24N4O3. The second-order valence-corrected chi connectivity index (χ2v) is 7.10. The lowest BCUT2D eigenvalue weighted by molar-refractivity contribution is -0.112. The molecule has 0 atom stereocenters. The number of aryl methyl sites for hydroxylation is 4. The minimum Gasteiger partial charge on any atom is -0.494 e. The van der Waals surface area contributed by atoms with Crippen molar-refractivity contribution in [2.24, 2.45) is 0 Å². The quantitative estimate of drug-likeness (QED) is 0.341. The zero-order valence-corrected chi connectivity index (χ0v) is 17.3. The van der Waals surface area contributed by atoms with Crippen LogP contribution in [-0.4, -0.2) is 22.2 Å². The summed E-state index contributed by atoms with van der Waals surface area (Å²) in [5, 5.41) is 15.7. The lowest BCUT2D eigenvalue weighted by atomic mass is 10.1. The van der Waals surface area contributed by atoms with Crippen LogP contribution >= 0.6 is 0 Å². The van der Waals surface area contributed by atoms with Crippen LogP contribution in [0.5, 0.6) is 5.75 Å². The van der Waals surface area contributed by atoms with E-state index < -0.39 is 5.91 Å². The lowest BCUT2D eigenvalue weighted by Gasteiger charge is -2.10. The molecule has 2 heterocycles. The van der Waals surface area contributed by atoms with Gasteiger partial charge in [0.15, 0.2) is 5.82 Å². The number of hydrogen-bond donors (Lipinski definition) is 1. The highest BCUT2D eigenvalue weighted by atomic mass is 16.5. The standard InChI is InChI=1S/C23H24N4O3/c1-16-10-17(2)12-21(11-16)29-9-5-8-27-7-4-6-20(27)14-19(15-24)23(28)25-22-13-18(3)30-26-22/h4,6-7,10-14H,5,8-9H2,1-3H3,(H,25,26,28)/b19-14-. The third-order valence-corrected chi connectivity index (χ3v) is 4.40. The Kier molecular flexibility index (Phi) is 6.71. The molecular weight excluding hydrogens is 380 g/mol. The van der Waals surface area contributed by atoms with Gasteiger partial charge < -0.3 is 19.1 Å². The topological polar surface area (TPSA) is 93.1 Å². The molecule has 30 heavy (non-hydrogen) atoms. The average molecular weight is 404 g/mol. The summed E-state index contributed by atoms with van der Waals surface area (Å²) < 4.78 is 12.8. The number of nitrogens with one attached hydrogen (secondary N) is 1. The first-order valence-electron chi connectivity index (χ1n) is 9.67. The Morgan fingerprint density at radius 3 is 2.70 bits per heavy atom. The van der Waals surface area contributed by atoms with Crippen molar-refractivity contribution in [2.75, 3.05) is 11.9 Å². The zero-order chi connectivity index (χ0) is 21.5. The third-order valence-electron chi connectivity index (χ3n) is 4.40. The van der Waals surface area contributed by atoms with Crippen LogP contribution in [0.1, 0.15) is 29.0 Å². The number of ether oxygens (including phenoxy) is 1. The van der Waals surface area contributed by atoms with Crippen molar-refractivity contribution in [3.8, 4) is 11.8 Å². The van der Waals surface area contributed by atoms with E-state index >= 15 is 0 Å². The van der Waals surface area contributed by atoms with Gasteiger partial charge in [-0.3, -0.25) is 4.79 Å². The maximum absolute atomic E-state index is 12.3. The molecule has 0 bridgehead atoms. The van der Waals surface area contributed by atoms with Gasteiger partial charge in [0.1, 0.15) is 23.2 Å². The zero-order valence-electron chi connectivity index (χ0n) is 17.3. The summed E-state index contributed by atoms with van der Waals surface area (Å²) in [5.41, 5.74) is 3.10. The molecule has 0 aliphatic rings. The largest absolute Gasteiger partial charge is 0.494 e. The Labute approximate surface area is 175 Å². The summed E-state index contributed by atoms with van der Waals surface area (Å²) >= 11 is 0. The Bertz CT molecular complexity index is 1080. The molecule has 7 heteroatoms. The summed E-state index contributed by atoms with van der Waals surface area (Å²) in [7, 11) is 0.